The molecule has 0 amide bonds. The monoisotopic (exact) mass is 298 g/mol. The lowest BCUT2D eigenvalue weighted by atomic mass is 9.97. The van der Waals surface area contributed by atoms with Crippen LogP contribution in [-0.2, 0) is 12.8 Å². The van der Waals surface area contributed by atoms with Gasteiger partial charge in [-0.05, 0) is 18.4 Å². The van der Waals surface area contributed by atoms with Crippen LogP contribution in [0.4, 0.5) is 11.4 Å². The maximum Gasteiger partial charge on any atom is 0.273 e. The van der Waals surface area contributed by atoms with E-state index in [-0.39, 0.29) is 22.5 Å². The fourth-order valence-corrected chi connectivity index (χ4v) is 2.73. The van der Waals surface area contributed by atoms with Gasteiger partial charge in [0.25, 0.3) is 11.4 Å². The highest BCUT2D eigenvalue weighted by molar-refractivity contribution is 6.12. The van der Waals surface area contributed by atoms with E-state index < -0.39 is 15.6 Å². The smallest absolute Gasteiger partial charge is 0.273 e. The second-order valence-electron chi connectivity index (χ2n) is 4.99. The lowest BCUT2D eigenvalue weighted by Gasteiger charge is -2.05. The van der Waals surface area contributed by atoms with E-state index in [0.717, 1.165) is 0 Å². The number of aryl methyl sites for hydroxylation is 1. The first-order valence-corrected chi connectivity index (χ1v) is 6.57. The third-order valence-corrected chi connectivity index (χ3v) is 3.79. The van der Waals surface area contributed by atoms with E-state index in [9.17, 15) is 25.0 Å². The molecule has 0 radical (unpaired) electrons. The van der Waals surface area contributed by atoms with Crippen LogP contribution < -0.4 is 0 Å². The maximum atomic E-state index is 12.6. The van der Waals surface area contributed by atoms with E-state index in [4.69, 9.17) is 0 Å². The van der Waals surface area contributed by atoms with Gasteiger partial charge in [-0.3, -0.25) is 25.0 Å². The van der Waals surface area contributed by atoms with Gasteiger partial charge >= 0.3 is 0 Å². The summed E-state index contributed by atoms with van der Waals surface area (Å²) >= 11 is 0. The Bertz CT molecular complexity index is 825. The van der Waals surface area contributed by atoms with Gasteiger partial charge in [0, 0.05) is 34.9 Å². The van der Waals surface area contributed by atoms with Crippen LogP contribution in [0.2, 0.25) is 0 Å². The van der Waals surface area contributed by atoms with Crippen molar-refractivity contribution in [2.75, 3.05) is 0 Å². The standard InChI is InChI=1S/C15H10N2O5/c18-15-12-2-1-3-14(17(21)22)11(12)7-5-9-4-6-10(16(19)20)8-13(9)15/h1-4,6,8H,5,7H2. The molecule has 1 aliphatic carbocycles. The van der Waals surface area contributed by atoms with Gasteiger partial charge in [0.05, 0.1) is 9.85 Å². The number of fused-ring (bicyclic) bond motifs is 2. The maximum absolute atomic E-state index is 12.6. The van der Waals surface area contributed by atoms with Crippen LogP contribution in [-0.4, -0.2) is 15.6 Å². The number of ketones is 1. The quantitative estimate of drug-likeness (QED) is 0.626. The van der Waals surface area contributed by atoms with Crippen molar-refractivity contribution in [3.8, 4) is 0 Å². The van der Waals surface area contributed by atoms with Crippen LogP contribution in [0.5, 0.6) is 0 Å². The first kappa shape index (κ1) is 13.9. The fourth-order valence-electron chi connectivity index (χ4n) is 2.73. The topological polar surface area (TPSA) is 103 Å². The second kappa shape index (κ2) is 5.03. The van der Waals surface area contributed by atoms with Crippen molar-refractivity contribution in [1.29, 1.82) is 0 Å². The van der Waals surface area contributed by atoms with Crippen LogP contribution in [0.15, 0.2) is 36.4 Å². The molecule has 1 aliphatic rings. The van der Waals surface area contributed by atoms with E-state index in [1.54, 1.807) is 6.07 Å². The van der Waals surface area contributed by atoms with Crippen molar-refractivity contribution in [3.63, 3.8) is 0 Å². The number of non-ortho nitro benzene ring substituents is 1. The van der Waals surface area contributed by atoms with Gasteiger partial charge in [0.2, 0.25) is 0 Å². The molecule has 2 aromatic rings. The third kappa shape index (κ3) is 2.12. The van der Waals surface area contributed by atoms with Gasteiger partial charge in [0.1, 0.15) is 0 Å². The summed E-state index contributed by atoms with van der Waals surface area (Å²) in [5.41, 5.74) is 1.29. The predicted molar refractivity (Wildman–Crippen MR) is 77.0 cm³/mol. The Labute approximate surface area is 124 Å². The average Bonchev–Trinajstić information content (AvgIpc) is 2.64. The molecule has 0 N–H and O–H groups in total. The minimum atomic E-state index is -0.563. The summed E-state index contributed by atoms with van der Waals surface area (Å²) in [7, 11) is 0. The molecule has 0 fully saturated rings. The van der Waals surface area contributed by atoms with Gasteiger partial charge in [-0.15, -0.1) is 0 Å². The van der Waals surface area contributed by atoms with Crippen LogP contribution in [0.1, 0.15) is 27.0 Å². The first-order chi connectivity index (χ1) is 10.5. The molecule has 0 aliphatic heterocycles. The zero-order chi connectivity index (χ0) is 15.9. The van der Waals surface area contributed by atoms with E-state index in [0.29, 0.717) is 24.0 Å². The lowest BCUT2D eigenvalue weighted by Crippen LogP contribution is -2.06. The number of nitro benzene ring substituents is 2. The number of carbonyl (C=O) groups is 1. The summed E-state index contributed by atoms with van der Waals surface area (Å²) < 4.78 is 0. The molecular formula is C15H10N2O5. The fraction of sp³-hybridized carbons (Fsp3) is 0.133. The zero-order valence-electron chi connectivity index (χ0n) is 11.3. The summed E-state index contributed by atoms with van der Waals surface area (Å²) in [4.78, 5) is 33.5. The van der Waals surface area contributed by atoms with Crippen LogP contribution in [0, 0.1) is 20.2 Å². The highest BCUT2D eigenvalue weighted by Gasteiger charge is 2.28. The SMILES string of the molecule is O=C1c2cc([N+](=O)[O-])ccc2CCc2c1cccc2[N+](=O)[O-]. The number of rotatable bonds is 2. The van der Waals surface area contributed by atoms with E-state index in [1.807, 2.05) is 0 Å². The van der Waals surface area contributed by atoms with Crippen molar-refractivity contribution in [2.45, 2.75) is 12.8 Å². The Morgan fingerprint density at radius 1 is 0.909 bits per heavy atom. The molecule has 0 heterocycles. The van der Waals surface area contributed by atoms with Gasteiger partial charge in [-0.25, -0.2) is 0 Å². The van der Waals surface area contributed by atoms with Crippen molar-refractivity contribution >= 4 is 17.2 Å². The summed E-state index contributed by atoms with van der Waals surface area (Å²) in [6, 6.07) is 8.48. The van der Waals surface area contributed by atoms with Crippen molar-refractivity contribution in [1.82, 2.24) is 0 Å². The number of nitrogens with zero attached hydrogens (tertiary/aromatic N) is 2. The van der Waals surface area contributed by atoms with E-state index in [2.05, 4.69) is 0 Å². The molecule has 22 heavy (non-hydrogen) atoms. The number of carbonyl (C=O) groups excluding carboxylic acids is 1. The summed E-state index contributed by atoms with van der Waals surface area (Å²) in [6.07, 6.45) is 0.778. The number of benzene rings is 2. The molecule has 0 atom stereocenters. The molecule has 0 spiro atoms. The molecular weight excluding hydrogens is 288 g/mol. The second-order valence-corrected chi connectivity index (χ2v) is 4.99. The average molecular weight is 298 g/mol. The minimum Gasteiger partial charge on any atom is -0.289 e. The Hall–Kier alpha value is -3.09. The molecule has 0 aromatic heterocycles. The summed E-state index contributed by atoms with van der Waals surface area (Å²) in [5.74, 6) is -0.408. The van der Waals surface area contributed by atoms with Gasteiger partial charge < -0.3 is 0 Å². The molecule has 2 aromatic carbocycles. The third-order valence-electron chi connectivity index (χ3n) is 3.79. The Morgan fingerprint density at radius 3 is 2.36 bits per heavy atom. The van der Waals surface area contributed by atoms with Gasteiger partial charge in [-0.2, -0.15) is 0 Å². The highest BCUT2D eigenvalue weighted by atomic mass is 16.6. The van der Waals surface area contributed by atoms with Gasteiger partial charge in [0.15, 0.2) is 5.78 Å². The van der Waals surface area contributed by atoms with Crippen LogP contribution in [0.25, 0.3) is 0 Å². The molecule has 7 nitrogen and oxygen atoms in total. The number of nitro groups is 2. The Morgan fingerprint density at radius 2 is 1.68 bits per heavy atom. The van der Waals surface area contributed by atoms with Crippen molar-refractivity contribution in [3.05, 3.63) is 78.9 Å². The van der Waals surface area contributed by atoms with Crippen molar-refractivity contribution < 1.29 is 14.6 Å². The molecule has 7 heteroatoms. The first-order valence-electron chi connectivity index (χ1n) is 6.57. The Kier molecular flexibility index (Phi) is 3.17. The van der Waals surface area contributed by atoms with Gasteiger partial charge in [-0.1, -0.05) is 18.2 Å². The lowest BCUT2D eigenvalue weighted by molar-refractivity contribution is -0.385. The van der Waals surface area contributed by atoms with Crippen molar-refractivity contribution in [2.24, 2.45) is 0 Å². The summed E-state index contributed by atoms with van der Waals surface area (Å²) in [5, 5.41) is 22.0. The molecule has 0 saturated heterocycles. The number of hydrogen-bond acceptors (Lipinski definition) is 5. The minimum absolute atomic E-state index is 0.0897. The largest absolute Gasteiger partial charge is 0.289 e. The molecule has 110 valence electrons. The summed E-state index contributed by atoms with van der Waals surface area (Å²) in [6.45, 7) is 0. The molecule has 0 unspecified atom stereocenters. The Balaban J connectivity index is 2.20. The molecule has 0 bridgehead atoms. The highest BCUT2D eigenvalue weighted by Crippen LogP contribution is 2.31. The predicted octanol–water partition coefficient (Wildman–Crippen LogP) is 2.83. The zero-order valence-corrected chi connectivity index (χ0v) is 11.3. The normalized spacial score (nSPS) is 13.0. The van der Waals surface area contributed by atoms with E-state index >= 15 is 0 Å². The van der Waals surface area contributed by atoms with E-state index in [1.165, 1.54) is 30.3 Å². The number of hydrogen-bond donors (Lipinski definition) is 0. The molecule has 3 rings (SSSR count). The van der Waals surface area contributed by atoms with Crippen LogP contribution >= 0.6 is 0 Å². The molecule has 0 saturated carbocycles. The van der Waals surface area contributed by atoms with Crippen LogP contribution in [0.3, 0.4) is 0 Å².